The molecule has 1 unspecified atom stereocenters. The van der Waals surface area contributed by atoms with Crippen molar-refractivity contribution in [1.29, 1.82) is 0 Å². The standard InChI is InChI=1S/C25H26ClNO3/c1-2-16-8-10-18(11-9-16)23(28)21-22(17-12-14-19(26)15-13-17)27(25(30)24(21)29)20-6-4-3-5-7-20/h8-15,20,22,28H,2-7H2,1H3/b23-21-. The Labute approximate surface area is 182 Å². The normalized spacial score (nSPS) is 21.9. The Hall–Kier alpha value is -2.59. The van der Waals surface area contributed by atoms with Crippen LogP contribution in [-0.2, 0) is 16.0 Å². The first-order valence-corrected chi connectivity index (χ1v) is 11.0. The van der Waals surface area contributed by atoms with E-state index in [-0.39, 0.29) is 17.4 Å². The van der Waals surface area contributed by atoms with Gasteiger partial charge in [-0.3, -0.25) is 9.59 Å². The highest BCUT2D eigenvalue weighted by atomic mass is 35.5. The zero-order valence-electron chi connectivity index (χ0n) is 17.1. The molecule has 0 bridgehead atoms. The molecule has 0 radical (unpaired) electrons. The molecule has 1 aliphatic heterocycles. The molecule has 2 aliphatic rings. The molecule has 5 heteroatoms. The van der Waals surface area contributed by atoms with Gasteiger partial charge in [-0.25, -0.2) is 0 Å². The van der Waals surface area contributed by atoms with E-state index >= 15 is 0 Å². The quantitative estimate of drug-likeness (QED) is 0.392. The van der Waals surface area contributed by atoms with Crippen LogP contribution in [0.4, 0.5) is 0 Å². The number of amides is 1. The summed E-state index contributed by atoms with van der Waals surface area (Å²) in [5, 5.41) is 11.7. The van der Waals surface area contributed by atoms with Gasteiger partial charge in [0.25, 0.3) is 11.7 Å². The first-order valence-electron chi connectivity index (χ1n) is 10.7. The van der Waals surface area contributed by atoms with Gasteiger partial charge in [-0.15, -0.1) is 0 Å². The lowest BCUT2D eigenvalue weighted by Crippen LogP contribution is -2.40. The number of hydrogen-bond donors (Lipinski definition) is 1. The van der Waals surface area contributed by atoms with Crippen LogP contribution < -0.4 is 0 Å². The molecule has 1 heterocycles. The first-order chi connectivity index (χ1) is 14.5. The maximum absolute atomic E-state index is 13.1. The summed E-state index contributed by atoms with van der Waals surface area (Å²) in [6, 6.07) is 14.1. The molecule has 1 amide bonds. The van der Waals surface area contributed by atoms with Gasteiger partial charge in [-0.2, -0.15) is 0 Å². The Kier molecular flexibility index (Phi) is 5.96. The number of carbonyl (C=O) groups is 2. The summed E-state index contributed by atoms with van der Waals surface area (Å²) >= 11 is 6.08. The van der Waals surface area contributed by atoms with Crippen LogP contribution in [0.5, 0.6) is 0 Å². The van der Waals surface area contributed by atoms with Gasteiger partial charge in [0, 0.05) is 16.6 Å². The summed E-state index contributed by atoms with van der Waals surface area (Å²) < 4.78 is 0. The van der Waals surface area contributed by atoms with Crippen molar-refractivity contribution in [3.63, 3.8) is 0 Å². The van der Waals surface area contributed by atoms with E-state index < -0.39 is 17.7 Å². The predicted octanol–water partition coefficient (Wildman–Crippen LogP) is 5.66. The highest BCUT2D eigenvalue weighted by Gasteiger charge is 2.48. The first kappa shape index (κ1) is 20.7. The molecule has 0 aromatic heterocycles. The highest BCUT2D eigenvalue weighted by Crippen LogP contribution is 2.43. The van der Waals surface area contributed by atoms with Crippen LogP contribution >= 0.6 is 11.6 Å². The minimum atomic E-state index is -0.613. The smallest absolute Gasteiger partial charge is 0.295 e. The number of nitrogens with zero attached hydrogens (tertiary/aromatic N) is 1. The Morgan fingerprint density at radius 3 is 2.23 bits per heavy atom. The number of benzene rings is 2. The molecular formula is C25H26ClNO3. The van der Waals surface area contributed by atoms with Gasteiger partial charge in [0.05, 0.1) is 11.6 Å². The number of aliphatic hydroxyl groups excluding tert-OH is 1. The fourth-order valence-electron chi connectivity index (χ4n) is 4.61. The monoisotopic (exact) mass is 423 g/mol. The van der Waals surface area contributed by atoms with Gasteiger partial charge in [0.1, 0.15) is 5.76 Å². The van der Waals surface area contributed by atoms with Crippen LogP contribution in [0, 0.1) is 0 Å². The molecule has 4 rings (SSSR count). The lowest BCUT2D eigenvalue weighted by Gasteiger charge is -2.35. The lowest BCUT2D eigenvalue weighted by molar-refractivity contribution is -0.141. The number of likely N-dealkylation sites (tertiary alicyclic amines) is 1. The van der Waals surface area contributed by atoms with E-state index in [2.05, 4.69) is 6.92 Å². The fraction of sp³-hybridized carbons (Fsp3) is 0.360. The topological polar surface area (TPSA) is 57.6 Å². The molecule has 1 N–H and O–H groups in total. The van der Waals surface area contributed by atoms with Crippen LogP contribution in [0.1, 0.15) is 61.8 Å². The molecule has 156 valence electrons. The van der Waals surface area contributed by atoms with E-state index in [1.54, 1.807) is 29.2 Å². The summed E-state index contributed by atoms with van der Waals surface area (Å²) in [6.07, 6.45) is 5.87. The van der Waals surface area contributed by atoms with Crippen molar-refractivity contribution in [2.45, 2.75) is 57.5 Å². The van der Waals surface area contributed by atoms with Gasteiger partial charge >= 0.3 is 0 Å². The summed E-state index contributed by atoms with van der Waals surface area (Å²) in [6.45, 7) is 2.06. The van der Waals surface area contributed by atoms with Crippen LogP contribution in [0.15, 0.2) is 54.1 Å². The second-order valence-electron chi connectivity index (χ2n) is 8.10. The summed E-state index contributed by atoms with van der Waals surface area (Å²) in [5.74, 6) is -1.25. The maximum atomic E-state index is 13.1. The Morgan fingerprint density at radius 1 is 1.00 bits per heavy atom. The van der Waals surface area contributed by atoms with Gasteiger partial charge in [0.2, 0.25) is 0 Å². The number of carbonyl (C=O) groups excluding carboxylic acids is 2. The van der Waals surface area contributed by atoms with Crippen LogP contribution in [0.2, 0.25) is 5.02 Å². The minimum absolute atomic E-state index is 0.00338. The Morgan fingerprint density at radius 2 is 1.63 bits per heavy atom. The molecule has 2 fully saturated rings. The molecule has 1 saturated carbocycles. The number of hydrogen-bond acceptors (Lipinski definition) is 3. The zero-order chi connectivity index (χ0) is 21.3. The number of halogens is 1. The van der Waals surface area contributed by atoms with Gasteiger partial charge < -0.3 is 10.0 Å². The average molecular weight is 424 g/mol. The van der Waals surface area contributed by atoms with E-state index in [4.69, 9.17) is 11.6 Å². The molecule has 1 saturated heterocycles. The third-order valence-electron chi connectivity index (χ3n) is 6.27. The average Bonchev–Trinajstić information content (AvgIpc) is 3.05. The number of rotatable bonds is 4. The number of aliphatic hydroxyl groups is 1. The predicted molar refractivity (Wildman–Crippen MR) is 118 cm³/mol. The molecule has 2 aromatic rings. The second-order valence-corrected chi connectivity index (χ2v) is 8.54. The summed E-state index contributed by atoms with van der Waals surface area (Å²) in [4.78, 5) is 27.9. The fourth-order valence-corrected chi connectivity index (χ4v) is 4.74. The molecule has 4 nitrogen and oxygen atoms in total. The zero-order valence-corrected chi connectivity index (χ0v) is 17.9. The van der Waals surface area contributed by atoms with Crippen molar-refractivity contribution in [1.82, 2.24) is 4.90 Å². The third kappa shape index (κ3) is 3.77. The van der Waals surface area contributed by atoms with E-state index in [1.165, 1.54) is 0 Å². The largest absolute Gasteiger partial charge is 0.507 e. The van der Waals surface area contributed by atoms with Crippen molar-refractivity contribution in [3.8, 4) is 0 Å². The highest BCUT2D eigenvalue weighted by molar-refractivity contribution is 6.46. The third-order valence-corrected chi connectivity index (χ3v) is 6.52. The van der Waals surface area contributed by atoms with Crippen molar-refractivity contribution in [2.24, 2.45) is 0 Å². The Balaban J connectivity index is 1.84. The van der Waals surface area contributed by atoms with Crippen LogP contribution in [0.25, 0.3) is 5.76 Å². The Bertz CT molecular complexity index is 972. The van der Waals surface area contributed by atoms with E-state index in [0.717, 1.165) is 49.7 Å². The summed E-state index contributed by atoms with van der Waals surface area (Å²) in [5.41, 5.74) is 2.64. The molecule has 0 spiro atoms. The SMILES string of the molecule is CCc1ccc(/C(O)=C2/C(=O)C(=O)N(C3CCCCC3)C2c2ccc(Cl)cc2)cc1. The van der Waals surface area contributed by atoms with E-state index in [9.17, 15) is 14.7 Å². The van der Waals surface area contributed by atoms with Crippen molar-refractivity contribution in [2.75, 3.05) is 0 Å². The molecule has 30 heavy (non-hydrogen) atoms. The van der Waals surface area contributed by atoms with Gasteiger partial charge in [0.15, 0.2) is 0 Å². The second kappa shape index (κ2) is 8.65. The van der Waals surface area contributed by atoms with Gasteiger partial charge in [-0.05, 0) is 42.5 Å². The number of Topliss-reactive ketones (excluding diaryl/α,β-unsaturated/α-hetero) is 1. The van der Waals surface area contributed by atoms with E-state index in [0.29, 0.717) is 10.6 Å². The van der Waals surface area contributed by atoms with Gasteiger partial charge in [-0.1, -0.05) is 74.2 Å². The molecule has 1 atom stereocenters. The van der Waals surface area contributed by atoms with E-state index in [1.807, 2.05) is 24.3 Å². The minimum Gasteiger partial charge on any atom is -0.507 e. The van der Waals surface area contributed by atoms with Crippen LogP contribution in [0.3, 0.4) is 0 Å². The summed E-state index contributed by atoms with van der Waals surface area (Å²) in [7, 11) is 0. The maximum Gasteiger partial charge on any atom is 0.295 e. The van der Waals surface area contributed by atoms with Crippen molar-refractivity contribution < 1.29 is 14.7 Å². The molecule has 2 aromatic carbocycles. The number of aryl methyl sites for hydroxylation is 1. The number of ketones is 1. The lowest BCUT2D eigenvalue weighted by atomic mass is 9.91. The van der Waals surface area contributed by atoms with Crippen molar-refractivity contribution >= 4 is 29.1 Å². The van der Waals surface area contributed by atoms with Crippen molar-refractivity contribution in [3.05, 3.63) is 75.8 Å². The van der Waals surface area contributed by atoms with Crippen LogP contribution in [-0.4, -0.2) is 27.7 Å². The molecular weight excluding hydrogens is 398 g/mol. The molecule has 1 aliphatic carbocycles.